The number of nitro groups is 2. The molecule has 0 saturated heterocycles. The smallest absolute Gasteiger partial charge is 0.339 e. The van der Waals surface area contributed by atoms with Crippen LogP contribution >= 0.6 is 0 Å². The molecular weight excluding hydrogens is 186 g/mol. The third kappa shape index (κ3) is 2.57. The molecule has 0 atom stereocenters. The molecule has 0 bridgehead atoms. The van der Waals surface area contributed by atoms with Crippen LogP contribution in [0.1, 0.15) is 0 Å². The van der Waals surface area contributed by atoms with E-state index in [-0.39, 0.29) is 0 Å². The summed E-state index contributed by atoms with van der Waals surface area (Å²) in [6.07, 6.45) is 1.96. The lowest BCUT2D eigenvalue weighted by molar-refractivity contribution is -0.774. The molecule has 0 radical (unpaired) electrons. The maximum absolute atomic E-state index is 9.88. The van der Waals surface area contributed by atoms with Gasteiger partial charge in [-0.3, -0.25) is 0 Å². The summed E-state index contributed by atoms with van der Waals surface area (Å²) in [6, 6.07) is 0. The van der Waals surface area contributed by atoms with E-state index in [0.717, 1.165) is 17.3 Å². The van der Waals surface area contributed by atoms with E-state index in [1.54, 1.807) is 11.1 Å². The highest BCUT2D eigenvalue weighted by atomic mass is 16.7. The molecule has 13 heavy (non-hydrogen) atoms. The zero-order valence-corrected chi connectivity index (χ0v) is 6.02. The summed E-state index contributed by atoms with van der Waals surface area (Å²) >= 11 is 0. The van der Waals surface area contributed by atoms with Crippen molar-refractivity contribution in [3.05, 3.63) is 32.9 Å². The highest BCUT2D eigenvalue weighted by Gasteiger charge is 2.12. The second-order valence-electron chi connectivity index (χ2n) is 1.81. The molecule has 0 aliphatic carbocycles. The first-order valence-electron chi connectivity index (χ1n) is 2.86. The van der Waals surface area contributed by atoms with E-state index in [4.69, 9.17) is 0 Å². The van der Waals surface area contributed by atoms with Gasteiger partial charge in [-0.25, -0.2) is 0 Å². The molecule has 0 amide bonds. The number of hydrazine groups is 2. The molecule has 11 heteroatoms. The maximum atomic E-state index is 9.88. The van der Waals surface area contributed by atoms with Gasteiger partial charge >= 0.3 is 12.7 Å². The van der Waals surface area contributed by atoms with E-state index in [1.807, 2.05) is 0 Å². The van der Waals surface area contributed by atoms with Crippen molar-refractivity contribution in [2.75, 3.05) is 11.1 Å². The average Bonchev–Trinajstić information content (AvgIpc) is 2.33. The minimum atomic E-state index is -0.858. The van der Waals surface area contributed by atoms with E-state index < -0.39 is 10.1 Å². The maximum Gasteiger partial charge on any atom is 0.367 e. The van der Waals surface area contributed by atoms with Crippen LogP contribution in [0.2, 0.25) is 0 Å². The zero-order valence-electron chi connectivity index (χ0n) is 6.02. The predicted molar refractivity (Wildman–Crippen MR) is 35.1 cm³/mol. The van der Waals surface area contributed by atoms with Crippen molar-refractivity contribution in [3.8, 4) is 0 Å². The Balaban J connectivity index is 2.63. The van der Waals surface area contributed by atoms with E-state index in [2.05, 4.69) is 5.10 Å². The Morgan fingerprint density at radius 1 is 1.38 bits per heavy atom. The SMILES string of the molecule is O=[N+]([O-])Nn1c[n+](N[N+](=O)[O-])cn1. The van der Waals surface area contributed by atoms with E-state index in [9.17, 15) is 20.2 Å². The second-order valence-corrected chi connectivity index (χ2v) is 1.81. The van der Waals surface area contributed by atoms with Crippen LogP contribution in [0, 0.1) is 20.2 Å². The molecule has 1 rings (SSSR count). The summed E-state index contributed by atoms with van der Waals surface area (Å²) in [7, 11) is 0. The number of nitrogens with zero attached hydrogens (tertiary/aromatic N) is 5. The molecule has 0 aliphatic heterocycles. The van der Waals surface area contributed by atoms with Crippen LogP contribution in [-0.4, -0.2) is 20.0 Å². The van der Waals surface area contributed by atoms with Crippen molar-refractivity contribution >= 4 is 0 Å². The predicted octanol–water partition coefficient (Wildman–Crippen LogP) is -2.36. The van der Waals surface area contributed by atoms with E-state index in [1.165, 1.54) is 0 Å². The Kier molecular flexibility index (Phi) is 2.19. The molecule has 0 spiro atoms. The third-order valence-electron chi connectivity index (χ3n) is 0.915. The summed E-state index contributed by atoms with van der Waals surface area (Å²) in [6.45, 7) is 0. The molecule has 70 valence electrons. The summed E-state index contributed by atoms with van der Waals surface area (Å²) in [5.74, 6) is 0. The van der Waals surface area contributed by atoms with Gasteiger partial charge in [-0.2, -0.15) is 0 Å². The topological polar surface area (TPSA) is 132 Å². The van der Waals surface area contributed by atoms with Gasteiger partial charge in [0.2, 0.25) is 0 Å². The van der Waals surface area contributed by atoms with Crippen LogP contribution in [-0.2, 0) is 0 Å². The molecule has 0 saturated carbocycles. The van der Waals surface area contributed by atoms with Gasteiger partial charge in [0.1, 0.15) is 4.79 Å². The molecule has 0 aliphatic rings. The summed E-state index contributed by atoms with van der Waals surface area (Å²) in [4.78, 5) is 20.4. The van der Waals surface area contributed by atoms with Gasteiger partial charge in [-0.15, -0.1) is 0 Å². The Hall–Kier alpha value is -2.46. The molecular formula is C2H4N7O4+. The van der Waals surface area contributed by atoms with Crippen LogP contribution in [0.25, 0.3) is 0 Å². The van der Waals surface area contributed by atoms with Gasteiger partial charge in [0.15, 0.2) is 5.10 Å². The molecule has 2 N–H and O–H groups in total. The molecule has 1 heterocycles. The van der Waals surface area contributed by atoms with Crippen molar-refractivity contribution in [1.82, 2.24) is 9.89 Å². The minimum absolute atomic E-state index is 0.691. The van der Waals surface area contributed by atoms with Gasteiger partial charge in [0.25, 0.3) is 0 Å². The van der Waals surface area contributed by atoms with Crippen LogP contribution in [0.3, 0.4) is 0 Å². The van der Waals surface area contributed by atoms with Crippen molar-refractivity contribution < 1.29 is 14.7 Å². The van der Waals surface area contributed by atoms with Gasteiger partial charge in [-0.1, -0.05) is 0 Å². The van der Waals surface area contributed by atoms with Crippen LogP contribution in [0.5, 0.6) is 0 Å². The molecule has 11 nitrogen and oxygen atoms in total. The zero-order chi connectivity index (χ0) is 9.84. The molecule has 1 aromatic rings. The molecule has 1 aromatic heterocycles. The first-order valence-corrected chi connectivity index (χ1v) is 2.86. The van der Waals surface area contributed by atoms with E-state index >= 15 is 0 Å². The first kappa shape index (κ1) is 8.63. The fourth-order valence-electron chi connectivity index (χ4n) is 0.570. The van der Waals surface area contributed by atoms with Crippen LogP contribution < -0.4 is 15.7 Å². The number of hydrogen-bond acceptors (Lipinski definition) is 5. The standard InChI is InChI=1S/C2H4N7O4/c10-8(11)4-6-1-3-7(2-6)5-9(12)13/h1-2,4-5H/q+1. The van der Waals surface area contributed by atoms with E-state index in [0.29, 0.717) is 4.79 Å². The van der Waals surface area contributed by atoms with Crippen LogP contribution in [0.4, 0.5) is 0 Å². The largest absolute Gasteiger partial charge is 0.367 e. The Labute approximate surface area is 69.8 Å². The number of aromatic nitrogens is 3. The molecule has 0 unspecified atom stereocenters. The normalized spacial score (nSPS) is 9.23. The quantitative estimate of drug-likeness (QED) is 0.308. The Morgan fingerprint density at radius 3 is 2.62 bits per heavy atom. The minimum Gasteiger partial charge on any atom is -0.339 e. The lowest BCUT2D eigenvalue weighted by Gasteiger charge is -1.91. The van der Waals surface area contributed by atoms with Crippen molar-refractivity contribution in [2.24, 2.45) is 0 Å². The van der Waals surface area contributed by atoms with Gasteiger partial charge in [0, 0.05) is 5.03 Å². The van der Waals surface area contributed by atoms with Gasteiger partial charge in [0.05, 0.1) is 5.03 Å². The van der Waals surface area contributed by atoms with Crippen molar-refractivity contribution in [3.63, 3.8) is 0 Å². The average molecular weight is 190 g/mol. The van der Waals surface area contributed by atoms with Crippen LogP contribution in [0.15, 0.2) is 12.7 Å². The highest BCUT2D eigenvalue weighted by molar-refractivity contribution is 4.47. The Morgan fingerprint density at radius 2 is 2.08 bits per heavy atom. The first-order chi connectivity index (χ1) is 6.08. The summed E-state index contributed by atoms with van der Waals surface area (Å²) < 4.78 is 0.830. The highest BCUT2D eigenvalue weighted by Crippen LogP contribution is 1.70. The number of rotatable bonds is 4. The molecule has 0 fully saturated rings. The lowest BCUT2D eigenvalue weighted by atomic mass is 11.2. The summed E-state index contributed by atoms with van der Waals surface area (Å²) in [5, 5.41) is 21.4. The van der Waals surface area contributed by atoms with Gasteiger partial charge in [-0.05, 0) is 15.7 Å². The Bertz CT molecular complexity index is 300. The lowest BCUT2D eigenvalue weighted by Crippen LogP contribution is -2.46. The molecule has 0 aromatic carbocycles. The fraction of sp³-hybridized carbons (Fsp3) is 0. The fourth-order valence-corrected chi connectivity index (χ4v) is 0.570. The van der Waals surface area contributed by atoms with Gasteiger partial charge < -0.3 is 20.2 Å². The number of nitrogens with one attached hydrogen (secondary N) is 2. The third-order valence-corrected chi connectivity index (χ3v) is 0.915. The van der Waals surface area contributed by atoms with Crippen molar-refractivity contribution in [1.29, 1.82) is 0 Å². The van der Waals surface area contributed by atoms with Crippen molar-refractivity contribution in [2.45, 2.75) is 0 Å². The second kappa shape index (κ2) is 3.29. The summed E-state index contributed by atoms with van der Waals surface area (Å²) in [5.41, 5.74) is 3.33. The monoisotopic (exact) mass is 190 g/mol. The number of hydrogen-bond donors (Lipinski definition) is 2.